The van der Waals surface area contributed by atoms with Crippen LogP contribution in [-0.4, -0.2) is 17.4 Å². The lowest BCUT2D eigenvalue weighted by atomic mass is 9.96. The maximum absolute atomic E-state index is 13.2. The highest BCUT2D eigenvalue weighted by atomic mass is 32.2. The number of thiazole rings is 1. The van der Waals surface area contributed by atoms with E-state index in [-0.39, 0.29) is 17.1 Å². The Bertz CT molecular complexity index is 980. The molecule has 1 heterocycles. The molecular formula is C22H21FN2OS2. The third-order valence-electron chi connectivity index (χ3n) is 5.07. The van der Waals surface area contributed by atoms with Crippen LogP contribution in [0.25, 0.3) is 0 Å². The van der Waals surface area contributed by atoms with E-state index in [0.29, 0.717) is 12.1 Å². The molecule has 1 aliphatic carbocycles. The van der Waals surface area contributed by atoms with E-state index in [0.717, 1.165) is 39.8 Å². The number of halogens is 1. The first kappa shape index (κ1) is 19.2. The summed E-state index contributed by atoms with van der Waals surface area (Å²) in [6.07, 6.45) is 2.02. The van der Waals surface area contributed by atoms with Crippen molar-refractivity contribution in [2.24, 2.45) is 0 Å². The monoisotopic (exact) mass is 412 g/mol. The standard InChI is InChI=1S/C22H21FN2OS2/c1-15-25-18(12-27-15)13-28-20-5-3-2-4-19(20)21(26)24-14-22(10-11-22)16-6-8-17(23)9-7-16/h2-9,12H,10-11,13-14H2,1H3,(H,24,26). The number of aryl methyl sites for hydroxylation is 1. The second-order valence-corrected chi connectivity index (χ2v) is 9.19. The Labute approximate surface area is 172 Å². The van der Waals surface area contributed by atoms with Crippen molar-refractivity contribution in [1.29, 1.82) is 0 Å². The largest absolute Gasteiger partial charge is 0.351 e. The van der Waals surface area contributed by atoms with E-state index in [2.05, 4.69) is 15.7 Å². The number of hydrogen-bond donors (Lipinski definition) is 1. The van der Waals surface area contributed by atoms with Crippen molar-refractivity contribution in [2.75, 3.05) is 6.54 Å². The molecule has 1 aliphatic rings. The molecule has 1 N–H and O–H groups in total. The highest BCUT2D eigenvalue weighted by Gasteiger charge is 2.44. The fraction of sp³-hybridized carbons (Fsp3) is 0.273. The topological polar surface area (TPSA) is 42.0 Å². The maximum Gasteiger partial charge on any atom is 0.252 e. The number of nitrogens with zero attached hydrogens (tertiary/aromatic N) is 1. The van der Waals surface area contributed by atoms with Crippen LogP contribution in [0.15, 0.2) is 58.8 Å². The van der Waals surface area contributed by atoms with Crippen molar-refractivity contribution in [3.63, 3.8) is 0 Å². The second-order valence-electron chi connectivity index (χ2n) is 7.11. The molecule has 0 atom stereocenters. The van der Waals surface area contributed by atoms with Gasteiger partial charge in [-0.05, 0) is 49.6 Å². The van der Waals surface area contributed by atoms with E-state index in [9.17, 15) is 9.18 Å². The number of amides is 1. The first-order valence-corrected chi connectivity index (χ1v) is 11.1. The first-order chi connectivity index (χ1) is 13.6. The lowest BCUT2D eigenvalue weighted by Crippen LogP contribution is -2.32. The van der Waals surface area contributed by atoms with Crippen molar-refractivity contribution in [3.05, 3.63) is 81.6 Å². The molecular weight excluding hydrogens is 391 g/mol. The average Bonchev–Trinajstić information content (AvgIpc) is 3.39. The predicted molar refractivity (Wildman–Crippen MR) is 112 cm³/mol. The maximum atomic E-state index is 13.2. The fourth-order valence-corrected chi connectivity index (χ4v) is 4.93. The van der Waals surface area contributed by atoms with E-state index >= 15 is 0 Å². The van der Waals surface area contributed by atoms with Gasteiger partial charge < -0.3 is 5.32 Å². The van der Waals surface area contributed by atoms with Crippen LogP contribution in [0.5, 0.6) is 0 Å². The van der Waals surface area contributed by atoms with Crippen LogP contribution < -0.4 is 5.32 Å². The van der Waals surface area contributed by atoms with Crippen LogP contribution in [0.3, 0.4) is 0 Å². The number of rotatable bonds is 7. The van der Waals surface area contributed by atoms with Gasteiger partial charge in [-0.2, -0.15) is 0 Å². The van der Waals surface area contributed by atoms with Gasteiger partial charge in [0.25, 0.3) is 5.91 Å². The van der Waals surface area contributed by atoms with Gasteiger partial charge >= 0.3 is 0 Å². The van der Waals surface area contributed by atoms with Crippen molar-refractivity contribution >= 4 is 29.0 Å². The summed E-state index contributed by atoms with van der Waals surface area (Å²) < 4.78 is 13.2. The van der Waals surface area contributed by atoms with Crippen LogP contribution in [0.2, 0.25) is 0 Å². The molecule has 0 unspecified atom stereocenters. The Hall–Kier alpha value is -2.18. The Morgan fingerprint density at radius 1 is 1.21 bits per heavy atom. The highest BCUT2D eigenvalue weighted by Crippen LogP contribution is 2.47. The predicted octanol–water partition coefficient (Wildman–Crippen LogP) is 5.34. The number of benzene rings is 2. The zero-order valence-electron chi connectivity index (χ0n) is 15.6. The lowest BCUT2D eigenvalue weighted by Gasteiger charge is -2.17. The van der Waals surface area contributed by atoms with Crippen molar-refractivity contribution < 1.29 is 9.18 Å². The number of hydrogen-bond acceptors (Lipinski definition) is 4. The van der Waals surface area contributed by atoms with Crippen LogP contribution >= 0.6 is 23.1 Å². The summed E-state index contributed by atoms with van der Waals surface area (Å²) in [5.74, 6) is 0.449. The minimum Gasteiger partial charge on any atom is -0.351 e. The molecule has 0 radical (unpaired) electrons. The van der Waals surface area contributed by atoms with E-state index < -0.39 is 0 Å². The van der Waals surface area contributed by atoms with Crippen molar-refractivity contribution in [2.45, 2.75) is 35.8 Å². The van der Waals surface area contributed by atoms with Gasteiger partial charge in [0.1, 0.15) is 5.82 Å². The molecule has 1 saturated carbocycles. The van der Waals surface area contributed by atoms with Crippen molar-refractivity contribution in [1.82, 2.24) is 10.3 Å². The van der Waals surface area contributed by atoms with Gasteiger partial charge in [-0.1, -0.05) is 24.3 Å². The van der Waals surface area contributed by atoms with E-state index in [1.54, 1.807) is 23.1 Å². The number of thioether (sulfide) groups is 1. The summed E-state index contributed by atoms with van der Waals surface area (Å²) in [7, 11) is 0. The van der Waals surface area contributed by atoms with Crippen molar-refractivity contribution in [3.8, 4) is 0 Å². The molecule has 1 aromatic heterocycles. The molecule has 4 rings (SSSR count). The molecule has 1 fully saturated rings. The van der Waals surface area contributed by atoms with Crippen LogP contribution in [0.4, 0.5) is 4.39 Å². The lowest BCUT2D eigenvalue weighted by molar-refractivity contribution is 0.0946. The molecule has 3 nitrogen and oxygen atoms in total. The zero-order chi connectivity index (χ0) is 19.6. The van der Waals surface area contributed by atoms with Crippen LogP contribution in [0, 0.1) is 12.7 Å². The van der Waals surface area contributed by atoms with Crippen LogP contribution in [-0.2, 0) is 11.2 Å². The first-order valence-electron chi connectivity index (χ1n) is 9.23. The Kier molecular flexibility index (Phi) is 5.51. The van der Waals surface area contributed by atoms with E-state index in [1.807, 2.05) is 43.3 Å². The number of aromatic nitrogens is 1. The SMILES string of the molecule is Cc1nc(CSc2ccccc2C(=O)NCC2(c3ccc(F)cc3)CC2)cs1. The summed E-state index contributed by atoms with van der Waals surface area (Å²) in [6, 6.07) is 14.3. The molecule has 0 spiro atoms. The van der Waals surface area contributed by atoms with Gasteiger partial charge in [0.15, 0.2) is 0 Å². The zero-order valence-corrected chi connectivity index (χ0v) is 17.2. The number of carbonyl (C=O) groups is 1. The van der Waals surface area contributed by atoms with Gasteiger partial charge in [-0.15, -0.1) is 23.1 Å². The molecule has 28 heavy (non-hydrogen) atoms. The molecule has 2 aromatic carbocycles. The minimum absolute atomic E-state index is 0.0520. The van der Waals surface area contributed by atoms with E-state index in [1.165, 1.54) is 12.1 Å². The highest BCUT2D eigenvalue weighted by molar-refractivity contribution is 7.98. The smallest absolute Gasteiger partial charge is 0.252 e. The average molecular weight is 413 g/mol. The molecule has 0 bridgehead atoms. The number of nitrogens with one attached hydrogen (secondary N) is 1. The quantitative estimate of drug-likeness (QED) is 0.532. The Morgan fingerprint density at radius 3 is 2.64 bits per heavy atom. The summed E-state index contributed by atoms with van der Waals surface area (Å²) in [5, 5.41) is 6.21. The molecule has 144 valence electrons. The third kappa shape index (κ3) is 4.28. The van der Waals surface area contributed by atoms with E-state index in [4.69, 9.17) is 0 Å². The molecule has 3 aromatic rings. The summed E-state index contributed by atoms with van der Waals surface area (Å²) in [6.45, 7) is 2.57. The van der Waals surface area contributed by atoms with Crippen LogP contribution in [0.1, 0.15) is 39.5 Å². The van der Waals surface area contributed by atoms with Gasteiger partial charge in [-0.3, -0.25) is 4.79 Å². The molecule has 6 heteroatoms. The molecule has 0 saturated heterocycles. The molecule has 0 aliphatic heterocycles. The summed E-state index contributed by atoms with van der Waals surface area (Å²) >= 11 is 3.27. The number of carbonyl (C=O) groups excluding carboxylic acids is 1. The molecule has 1 amide bonds. The normalized spacial score (nSPS) is 14.6. The fourth-order valence-electron chi connectivity index (χ4n) is 3.27. The van der Waals surface area contributed by atoms with Gasteiger partial charge in [0.2, 0.25) is 0 Å². The summed E-state index contributed by atoms with van der Waals surface area (Å²) in [4.78, 5) is 18.3. The van der Waals surface area contributed by atoms with Gasteiger partial charge in [0.05, 0.1) is 16.3 Å². The summed E-state index contributed by atoms with van der Waals surface area (Å²) in [5.41, 5.74) is 2.77. The van der Waals surface area contributed by atoms with Gasteiger partial charge in [0, 0.05) is 28.0 Å². The Morgan fingerprint density at radius 2 is 1.96 bits per heavy atom. The third-order valence-corrected chi connectivity index (χ3v) is 7.00. The minimum atomic E-state index is -0.232. The van der Waals surface area contributed by atoms with Gasteiger partial charge in [-0.25, -0.2) is 9.37 Å². The second kappa shape index (κ2) is 8.05. The Balaban J connectivity index is 1.41.